The molecule has 1 rings (SSSR count). The molecule has 1 atom stereocenters. The number of thioether (sulfide) groups is 1. The predicted octanol–water partition coefficient (Wildman–Crippen LogP) is 5.39. The molecule has 0 aromatic heterocycles. The Morgan fingerprint density at radius 1 is 0.920 bits per heavy atom. The lowest BCUT2D eigenvalue weighted by molar-refractivity contribution is -0.170. The van der Waals surface area contributed by atoms with Crippen LogP contribution in [0.1, 0.15) is 78.6 Å². The molecule has 1 saturated heterocycles. The highest BCUT2D eigenvalue weighted by atomic mass is 32.2. The van der Waals surface area contributed by atoms with E-state index in [-0.39, 0.29) is 0 Å². The van der Waals surface area contributed by atoms with E-state index in [1.807, 2.05) is 11.8 Å². The quantitative estimate of drug-likeness (QED) is 0.172. The number of unbranched alkanes of at least 4 members (excludes halogenated alkanes) is 6. The van der Waals surface area contributed by atoms with Crippen molar-refractivity contribution >= 4 is 11.8 Å². The Hall–Kier alpha value is 0.190. The fourth-order valence-electron chi connectivity index (χ4n) is 2.85. The van der Waals surface area contributed by atoms with Crippen LogP contribution in [0.3, 0.4) is 0 Å². The van der Waals surface area contributed by atoms with Gasteiger partial charge in [0, 0.05) is 32.0 Å². The topological polar surface area (TPSA) is 40.2 Å². The fourth-order valence-corrected chi connectivity index (χ4v) is 4.11. The zero-order valence-corrected chi connectivity index (χ0v) is 17.5. The Morgan fingerprint density at radius 3 is 2.16 bits per heavy atom. The van der Waals surface area contributed by atoms with Crippen LogP contribution in [0.25, 0.3) is 0 Å². The van der Waals surface area contributed by atoms with Crippen molar-refractivity contribution in [1.82, 2.24) is 0 Å². The van der Waals surface area contributed by atoms with Crippen LogP contribution < -0.4 is 0 Å². The van der Waals surface area contributed by atoms with E-state index >= 15 is 0 Å². The van der Waals surface area contributed by atoms with E-state index in [0.717, 1.165) is 38.4 Å². The van der Waals surface area contributed by atoms with Crippen molar-refractivity contribution in [2.75, 3.05) is 38.8 Å². The molecule has 0 aromatic rings. The van der Waals surface area contributed by atoms with Crippen LogP contribution >= 0.6 is 11.8 Å². The molecule has 1 aliphatic rings. The molecular weight excluding hydrogens is 336 g/mol. The second-order valence-electron chi connectivity index (χ2n) is 6.65. The maximum Gasteiger partial charge on any atom is 0.218 e. The highest BCUT2D eigenvalue weighted by Crippen LogP contribution is 2.34. The third kappa shape index (κ3) is 12.2. The molecule has 5 heteroatoms. The lowest BCUT2D eigenvalue weighted by Gasteiger charge is -2.32. The van der Waals surface area contributed by atoms with Gasteiger partial charge in [-0.25, -0.2) is 0 Å². The van der Waals surface area contributed by atoms with E-state index in [9.17, 15) is 0 Å². The third-order valence-electron chi connectivity index (χ3n) is 4.28. The number of hydrogen-bond acceptors (Lipinski definition) is 5. The van der Waals surface area contributed by atoms with Crippen molar-refractivity contribution < 1.29 is 18.9 Å². The van der Waals surface area contributed by atoms with Gasteiger partial charge in [-0.05, 0) is 26.7 Å². The molecule has 1 aliphatic heterocycles. The van der Waals surface area contributed by atoms with Crippen molar-refractivity contribution in [3.8, 4) is 0 Å². The molecule has 4 nitrogen and oxygen atoms in total. The molecule has 0 bridgehead atoms. The van der Waals surface area contributed by atoms with Crippen molar-refractivity contribution in [3.05, 3.63) is 0 Å². The van der Waals surface area contributed by atoms with E-state index in [1.165, 1.54) is 44.9 Å². The van der Waals surface area contributed by atoms with Gasteiger partial charge in [0.2, 0.25) is 5.12 Å². The molecule has 0 N–H and O–H groups in total. The smallest absolute Gasteiger partial charge is 0.218 e. The molecule has 0 aliphatic carbocycles. The Kier molecular flexibility index (Phi) is 14.2. The maximum atomic E-state index is 6.05. The van der Waals surface area contributed by atoms with Gasteiger partial charge in [-0.15, -0.1) is 0 Å². The SMILES string of the molecule is CCCCCCCCCC(OCC)(OCC)SCCCOCC1CO1. The number of rotatable bonds is 19. The van der Waals surface area contributed by atoms with Crippen LogP contribution in [0.4, 0.5) is 0 Å². The van der Waals surface area contributed by atoms with Crippen LogP contribution in [-0.2, 0) is 18.9 Å². The molecule has 0 saturated carbocycles. The summed E-state index contributed by atoms with van der Waals surface area (Å²) >= 11 is 1.81. The van der Waals surface area contributed by atoms with Gasteiger partial charge < -0.3 is 18.9 Å². The summed E-state index contributed by atoms with van der Waals surface area (Å²) in [5.41, 5.74) is 0. The summed E-state index contributed by atoms with van der Waals surface area (Å²) in [6, 6.07) is 0. The second kappa shape index (κ2) is 15.3. The summed E-state index contributed by atoms with van der Waals surface area (Å²) in [4.78, 5) is 0. The molecule has 0 spiro atoms. The van der Waals surface area contributed by atoms with E-state index in [4.69, 9.17) is 18.9 Å². The van der Waals surface area contributed by atoms with E-state index in [0.29, 0.717) is 19.3 Å². The average molecular weight is 377 g/mol. The minimum Gasteiger partial charge on any atom is -0.379 e. The Bertz CT molecular complexity index is 291. The van der Waals surface area contributed by atoms with Gasteiger partial charge in [0.15, 0.2) is 0 Å². The highest BCUT2D eigenvalue weighted by molar-refractivity contribution is 8.00. The lowest BCUT2D eigenvalue weighted by Crippen LogP contribution is -2.33. The van der Waals surface area contributed by atoms with Crippen molar-refractivity contribution in [3.63, 3.8) is 0 Å². The maximum absolute atomic E-state index is 6.05. The van der Waals surface area contributed by atoms with Crippen molar-refractivity contribution in [1.29, 1.82) is 0 Å². The number of epoxide rings is 1. The molecule has 0 radical (unpaired) electrons. The molecule has 150 valence electrons. The van der Waals surface area contributed by atoms with Crippen LogP contribution in [-0.4, -0.2) is 50.0 Å². The second-order valence-corrected chi connectivity index (χ2v) is 7.97. The molecule has 1 unspecified atom stereocenters. The van der Waals surface area contributed by atoms with Gasteiger partial charge in [0.1, 0.15) is 6.10 Å². The first kappa shape index (κ1) is 23.2. The Labute approximate surface area is 159 Å². The summed E-state index contributed by atoms with van der Waals surface area (Å²) in [5.74, 6) is 1.00. The van der Waals surface area contributed by atoms with E-state index in [2.05, 4.69) is 20.8 Å². The summed E-state index contributed by atoms with van der Waals surface area (Å²) in [6.45, 7) is 10.2. The van der Waals surface area contributed by atoms with Crippen LogP contribution in [0.5, 0.6) is 0 Å². The van der Waals surface area contributed by atoms with Crippen LogP contribution in [0.2, 0.25) is 0 Å². The number of hydrogen-bond donors (Lipinski definition) is 0. The minimum absolute atomic E-state index is 0.357. The van der Waals surface area contributed by atoms with Gasteiger partial charge in [0.25, 0.3) is 0 Å². The van der Waals surface area contributed by atoms with Gasteiger partial charge in [-0.2, -0.15) is 0 Å². The molecule has 0 aromatic carbocycles. The van der Waals surface area contributed by atoms with E-state index in [1.54, 1.807) is 0 Å². The normalized spacial score (nSPS) is 17.2. The summed E-state index contributed by atoms with van der Waals surface area (Å²) in [5, 5.41) is -0.466. The molecule has 25 heavy (non-hydrogen) atoms. The first-order chi connectivity index (χ1) is 12.3. The van der Waals surface area contributed by atoms with Gasteiger partial charge >= 0.3 is 0 Å². The average Bonchev–Trinajstić information content (AvgIpc) is 3.42. The van der Waals surface area contributed by atoms with Gasteiger partial charge in [0.05, 0.1) is 13.2 Å². The zero-order valence-electron chi connectivity index (χ0n) is 16.7. The largest absolute Gasteiger partial charge is 0.379 e. The lowest BCUT2D eigenvalue weighted by atomic mass is 10.1. The van der Waals surface area contributed by atoms with Gasteiger partial charge in [-0.1, -0.05) is 57.2 Å². The fraction of sp³-hybridized carbons (Fsp3) is 1.00. The first-order valence-electron chi connectivity index (χ1n) is 10.4. The summed E-state index contributed by atoms with van der Waals surface area (Å²) in [7, 11) is 0. The molecule has 1 fully saturated rings. The first-order valence-corrected chi connectivity index (χ1v) is 11.4. The van der Waals surface area contributed by atoms with Gasteiger partial charge in [-0.3, -0.25) is 0 Å². The van der Waals surface area contributed by atoms with Crippen molar-refractivity contribution in [2.45, 2.75) is 89.8 Å². The number of ether oxygens (including phenoxy) is 4. The monoisotopic (exact) mass is 376 g/mol. The summed E-state index contributed by atoms with van der Waals surface area (Å²) in [6.07, 6.45) is 11.6. The third-order valence-corrected chi connectivity index (χ3v) is 5.65. The Balaban J connectivity index is 2.19. The Morgan fingerprint density at radius 2 is 1.56 bits per heavy atom. The molecule has 1 heterocycles. The summed E-state index contributed by atoms with van der Waals surface area (Å²) < 4.78 is 22.9. The molecule has 0 amide bonds. The minimum atomic E-state index is -0.466. The van der Waals surface area contributed by atoms with Crippen LogP contribution in [0.15, 0.2) is 0 Å². The van der Waals surface area contributed by atoms with Crippen LogP contribution in [0, 0.1) is 0 Å². The van der Waals surface area contributed by atoms with E-state index < -0.39 is 5.12 Å². The predicted molar refractivity (Wildman–Crippen MR) is 106 cm³/mol. The standard InChI is InChI=1S/C20H40O4S/c1-4-7-8-9-10-11-12-14-20(23-5-2,24-6-3)25-16-13-15-21-17-19-18-22-19/h19H,4-18H2,1-3H3. The highest BCUT2D eigenvalue weighted by Gasteiger charge is 2.31. The molecular formula is C20H40O4S. The van der Waals surface area contributed by atoms with Crippen molar-refractivity contribution in [2.24, 2.45) is 0 Å². The zero-order chi connectivity index (χ0) is 18.2.